The summed E-state index contributed by atoms with van der Waals surface area (Å²) in [6.07, 6.45) is 1.77. The number of halogens is 1. The van der Waals surface area contributed by atoms with E-state index in [1.165, 1.54) is 0 Å². The summed E-state index contributed by atoms with van der Waals surface area (Å²) in [5.41, 5.74) is 1.78. The van der Waals surface area contributed by atoms with Crippen LogP contribution in [0.5, 0.6) is 11.5 Å². The van der Waals surface area contributed by atoms with Crippen LogP contribution in [0.2, 0.25) is 5.02 Å². The zero-order valence-electron chi connectivity index (χ0n) is 11.6. The number of para-hydroxylation sites is 1. The molecule has 0 saturated heterocycles. The van der Waals surface area contributed by atoms with Crippen molar-refractivity contribution in [3.8, 4) is 11.5 Å². The van der Waals surface area contributed by atoms with Crippen molar-refractivity contribution in [3.05, 3.63) is 65.3 Å². The molecule has 2 aromatic carbocycles. The summed E-state index contributed by atoms with van der Waals surface area (Å²) in [5, 5.41) is 4.85. The van der Waals surface area contributed by atoms with Crippen molar-refractivity contribution in [3.63, 3.8) is 0 Å². The van der Waals surface area contributed by atoms with Crippen LogP contribution in [0.25, 0.3) is 10.9 Å². The first-order valence-corrected chi connectivity index (χ1v) is 7.11. The molecular weight excluding hydrogens is 284 g/mol. The van der Waals surface area contributed by atoms with Crippen LogP contribution in [0, 0.1) is 0 Å². The zero-order valence-corrected chi connectivity index (χ0v) is 12.4. The number of aromatic nitrogens is 1. The lowest BCUT2D eigenvalue weighted by Crippen LogP contribution is -2.07. The molecule has 0 fully saturated rings. The van der Waals surface area contributed by atoms with Crippen LogP contribution in [-0.2, 0) is 6.54 Å². The van der Waals surface area contributed by atoms with Gasteiger partial charge >= 0.3 is 0 Å². The molecule has 0 atom stereocenters. The summed E-state index contributed by atoms with van der Waals surface area (Å²) in [4.78, 5) is 4.40. The number of fused-ring (bicyclic) bond motifs is 1. The fraction of sp³-hybridized carbons (Fsp3) is 0.118. The second-order valence-corrected chi connectivity index (χ2v) is 5.09. The third-order valence-electron chi connectivity index (χ3n) is 3.25. The summed E-state index contributed by atoms with van der Waals surface area (Å²) >= 11 is 6.26. The highest BCUT2D eigenvalue weighted by molar-refractivity contribution is 6.31. The van der Waals surface area contributed by atoms with Gasteiger partial charge in [0.2, 0.25) is 0 Å². The van der Waals surface area contributed by atoms with Crippen LogP contribution in [0.15, 0.2) is 54.7 Å². The first-order valence-electron chi connectivity index (χ1n) is 6.73. The standard InChI is InChI=1S/C17H15ClN2O/c1-19-11-13-14(18)7-3-8-15(13)21-16-9-2-5-12-6-4-10-20-17(12)16/h2-10,19H,11H2,1H3. The highest BCUT2D eigenvalue weighted by Crippen LogP contribution is 2.33. The topological polar surface area (TPSA) is 34.1 Å². The van der Waals surface area contributed by atoms with Gasteiger partial charge in [-0.05, 0) is 31.3 Å². The number of hydrogen-bond donors (Lipinski definition) is 1. The van der Waals surface area contributed by atoms with E-state index >= 15 is 0 Å². The Bertz CT molecular complexity index is 768. The molecule has 3 rings (SSSR count). The minimum absolute atomic E-state index is 0.646. The van der Waals surface area contributed by atoms with Crippen molar-refractivity contribution < 1.29 is 4.74 Å². The van der Waals surface area contributed by atoms with Crippen molar-refractivity contribution in [1.29, 1.82) is 0 Å². The Morgan fingerprint density at radius 2 is 1.81 bits per heavy atom. The number of nitrogens with one attached hydrogen (secondary N) is 1. The third-order valence-corrected chi connectivity index (χ3v) is 3.60. The molecule has 0 unspecified atom stereocenters. The molecule has 0 aliphatic carbocycles. The Kier molecular flexibility index (Phi) is 4.04. The smallest absolute Gasteiger partial charge is 0.153 e. The molecule has 3 aromatic rings. The van der Waals surface area contributed by atoms with Gasteiger partial charge in [0.1, 0.15) is 11.3 Å². The summed E-state index contributed by atoms with van der Waals surface area (Å²) < 4.78 is 6.07. The maximum Gasteiger partial charge on any atom is 0.153 e. The Balaban J connectivity index is 2.05. The van der Waals surface area contributed by atoms with Crippen LogP contribution >= 0.6 is 11.6 Å². The predicted octanol–water partition coefficient (Wildman–Crippen LogP) is 4.40. The van der Waals surface area contributed by atoms with Crippen LogP contribution in [0.3, 0.4) is 0 Å². The minimum atomic E-state index is 0.646. The monoisotopic (exact) mass is 298 g/mol. The quantitative estimate of drug-likeness (QED) is 0.775. The fourth-order valence-electron chi connectivity index (χ4n) is 2.26. The second-order valence-electron chi connectivity index (χ2n) is 4.68. The van der Waals surface area contributed by atoms with Gasteiger partial charge in [0, 0.05) is 28.7 Å². The van der Waals surface area contributed by atoms with E-state index in [0.717, 1.165) is 28.0 Å². The molecule has 4 heteroatoms. The van der Waals surface area contributed by atoms with Crippen molar-refractivity contribution in [2.24, 2.45) is 0 Å². The van der Waals surface area contributed by atoms with Crippen LogP contribution < -0.4 is 10.1 Å². The van der Waals surface area contributed by atoms with Crippen LogP contribution in [0.4, 0.5) is 0 Å². The highest BCUT2D eigenvalue weighted by atomic mass is 35.5. The number of hydrogen-bond acceptors (Lipinski definition) is 3. The van der Waals surface area contributed by atoms with E-state index < -0.39 is 0 Å². The molecule has 0 radical (unpaired) electrons. The molecule has 0 aliphatic heterocycles. The zero-order chi connectivity index (χ0) is 14.7. The van der Waals surface area contributed by atoms with Crippen molar-refractivity contribution >= 4 is 22.5 Å². The molecular formula is C17H15ClN2O. The molecule has 3 nitrogen and oxygen atoms in total. The third kappa shape index (κ3) is 2.84. The van der Waals surface area contributed by atoms with Gasteiger partial charge in [-0.2, -0.15) is 0 Å². The van der Waals surface area contributed by atoms with E-state index in [1.54, 1.807) is 6.20 Å². The molecule has 0 saturated carbocycles. The van der Waals surface area contributed by atoms with Gasteiger partial charge in [-0.3, -0.25) is 4.98 Å². The number of benzene rings is 2. The summed E-state index contributed by atoms with van der Waals surface area (Å²) in [5.74, 6) is 1.47. The van der Waals surface area contributed by atoms with E-state index in [0.29, 0.717) is 11.6 Å². The van der Waals surface area contributed by atoms with Gasteiger partial charge in [0.15, 0.2) is 5.75 Å². The summed E-state index contributed by atoms with van der Waals surface area (Å²) in [7, 11) is 1.88. The number of ether oxygens (including phenoxy) is 1. The molecule has 0 amide bonds. The second kappa shape index (κ2) is 6.12. The highest BCUT2D eigenvalue weighted by Gasteiger charge is 2.10. The average Bonchev–Trinajstić information content (AvgIpc) is 2.51. The van der Waals surface area contributed by atoms with Gasteiger partial charge in [-0.1, -0.05) is 35.9 Å². The lowest BCUT2D eigenvalue weighted by molar-refractivity contribution is 0.478. The average molecular weight is 299 g/mol. The van der Waals surface area contributed by atoms with Crippen molar-refractivity contribution in [1.82, 2.24) is 10.3 Å². The van der Waals surface area contributed by atoms with E-state index in [-0.39, 0.29) is 0 Å². The number of nitrogens with zero attached hydrogens (tertiary/aromatic N) is 1. The van der Waals surface area contributed by atoms with E-state index in [4.69, 9.17) is 16.3 Å². The van der Waals surface area contributed by atoms with Crippen molar-refractivity contribution in [2.75, 3.05) is 7.05 Å². The van der Waals surface area contributed by atoms with Gasteiger partial charge in [-0.25, -0.2) is 0 Å². The first-order chi connectivity index (χ1) is 10.3. The fourth-order valence-corrected chi connectivity index (χ4v) is 2.49. The van der Waals surface area contributed by atoms with Gasteiger partial charge in [-0.15, -0.1) is 0 Å². The van der Waals surface area contributed by atoms with E-state index in [2.05, 4.69) is 10.3 Å². The number of pyridine rings is 1. The van der Waals surface area contributed by atoms with E-state index in [1.807, 2.05) is 55.6 Å². The molecule has 1 heterocycles. The Labute approximate surface area is 128 Å². The predicted molar refractivity (Wildman–Crippen MR) is 86.0 cm³/mol. The molecule has 21 heavy (non-hydrogen) atoms. The SMILES string of the molecule is CNCc1c(Cl)cccc1Oc1cccc2cccnc12. The maximum absolute atomic E-state index is 6.26. The van der Waals surface area contributed by atoms with Crippen molar-refractivity contribution in [2.45, 2.75) is 6.54 Å². The largest absolute Gasteiger partial charge is 0.455 e. The van der Waals surface area contributed by atoms with Crippen LogP contribution in [-0.4, -0.2) is 12.0 Å². The molecule has 106 valence electrons. The lowest BCUT2D eigenvalue weighted by Gasteiger charge is -2.13. The minimum Gasteiger partial charge on any atom is -0.455 e. The molecule has 0 bridgehead atoms. The normalized spacial score (nSPS) is 10.8. The summed E-state index contributed by atoms with van der Waals surface area (Å²) in [6.45, 7) is 0.646. The first kappa shape index (κ1) is 13.9. The van der Waals surface area contributed by atoms with Gasteiger partial charge in [0.05, 0.1) is 0 Å². The molecule has 0 spiro atoms. The summed E-state index contributed by atoms with van der Waals surface area (Å²) in [6, 6.07) is 15.5. The van der Waals surface area contributed by atoms with Gasteiger partial charge < -0.3 is 10.1 Å². The van der Waals surface area contributed by atoms with Gasteiger partial charge in [0.25, 0.3) is 0 Å². The molecule has 1 N–H and O–H groups in total. The Hall–Kier alpha value is -2.10. The van der Waals surface area contributed by atoms with E-state index in [9.17, 15) is 0 Å². The number of rotatable bonds is 4. The maximum atomic E-state index is 6.26. The Morgan fingerprint density at radius 1 is 1.05 bits per heavy atom. The molecule has 0 aliphatic rings. The Morgan fingerprint density at radius 3 is 2.67 bits per heavy atom. The van der Waals surface area contributed by atoms with Crippen LogP contribution in [0.1, 0.15) is 5.56 Å². The molecule has 1 aromatic heterocycles. The lowest BCUT2D eigenvalue weighted by atomic mass is 10.2.